The van der Waals surface area contributed by atoms with E-state index in [4.69, 9.17) is 4.74 Å². The highest BCUT2D eigenvalue weighted by Gasteiger charge is 2.30. The van der Waals surface area contributed by atoms with Gasteiger partial charge in [0, 0.05) is 18.7 Å². The van der Waals surface area contributed by atoms with Gasteiger partial charge in [-0.25, -0.2) is 0 Å². The normalized spacial score (nSPS) is 15.3. The number of amides is 2. The number of carbonyl (C=O) groups excluding carboxylic acids is 2. The molecule has 4 rings (SSSR count). The first-order chi connectivity index (χ1) is 13.7. The van der Waals surface area contributed by atoms with E-state index in [1.54, 1.807) is 0 Å². The topological polar surface area (TPSA) is 67.4 Å². The number of anilines is 1. The van der Waals surface area contributed by atoms with Crippen LogP contribution in [0.15, 0.2) is 78.9 Å². The summed E-state index contributed by atoms with van der Waals surface area (Å²) in [5.74, 6) is 0.760. The second kappa shape index (κ2) is 7.96. The summed E-state index contributed by atoms with van der Waals surface area (Å²) in [6, 6.07) is 24.6. The molecular formula is C23H20N2O3. The lowest BCUT2D eigenvalue weighted by Crippen LogP contribution is -2.34. The monoisotopic (exact) mass is 372 g/mol. The van der Waals surface area contributed by atoms with Crippen LogP contribution in [-0.4, -0.2) is 11.8 Å². The molecule has 1 aliphatic rings. The van der Waals surface area contributed by atoms with Crippen LogP contribution in [0.1, 0.15) is 23.5 Å². The average Bonchev–Trinajstić information content (AvgIpc) is 2.73. The van der Waals surface area contributed by atoms with Crippen LogP contribution in [0, 0.1) is 0 Å². The number of rotatable bonds is 5. The standard InChI is InChI=1S/C23H20N2O3/c26-22-14-20(19-8-4-5-9-21(19)25-22)23(27)24-15-16-10-12-18(13-11-16)28-17-6-2-1-3-7-17/h1-13,20H,14-15H2,(H,24,27)(H,25,26). The summed E-state index contributed by atoms with van der Waals surface area (Å²) in [6.45, 7) is 0.394. The van der Waals surface area contributed by atoms with Crippen molar-refractivity contribution in [3.8, 4) is 11.5 Å². The molecule has 0 aliphatic carbocycles. The Morgan fingerprint density at radius 2 is 1.61 bits per heavy atom. The van der Waals surface area contributed by atoms with E-state index in [1.807, 2.05) is 78.9 Å². The number of carbonyl (C=O) groups is 2. The third-order valence-corrected chi connectivity index (χ3v) is 4.69. The first-order valence-corrected chi connectivity index (χ1v) is 9.17. The van der Waals surface area contributed by atoms with E-state index in [9.17, 15) is 9.59 Å². The molecule has 0 spiro atoms. The number of benzene rings is 3. The Morgan fingerprint density at radius 3 is 2.39 bits per heavy atom. The molecule has 0 fully saturated rings. The van der Waals surface area contributed by atoms with Gasteiger partial charge in [0.05, 0.1) is 5.92 Å². The van der Waals surface area contributed by atoms with Crippen LogP contribution in [0.4, 0.5) is 5.69 Å². The van der Waals surface area contributed by atoms with Crippen molar-refractivity contribution in [2.45, 2.75) is 18.9 Å². The molecule has 0 saturated heterocycles. The number of ether oxygens (including phenoxy) is 1. The van der Waals surface area contributed by atoms with Gasteiger partial charge in [0.2, 0.25) is 11.8 Å². The van der Waals surface area contributed by atoms with Crippen LogP contribution < -0.4 is 15.4 Å². The second-order valence-corrected chi connectivity index (χ2v) is 6.67. The lowest BCUT2D eigenvalue weighted by atomic mass is 9.90. The molecule has 0 aromatic heterocycles. The summed E-state index contributed by atoms with van der Waals surface area (Å²) in [5, 5.41) is 5.75. The van der Waals surface area contributed by atoms with Crippen molar-refractivity contribution in [3.05, 3.63) is 90.0 Å². The van der Waals surface area contributed by atoms with E-state index in [0.717, 1.165) is 22.6 Å². The van der Waals surface area contributed by atoms with Gasteiger partial charge in [-0.1, -0.05) is 48.5 Å². The molecule has 5 heteroatoms. The largest absolute Gasteiger partial charge is 0.457 e. The summed E-state index contributed by atoms with van der Waals surface area (Å²) < 4.78 is 5.77. The molecule has 2 N–H and O–H groups in total. The summed E-state index contributed by atoms with van der Waals surface area (Å²) in [4.78, 5) is 24.6. The highest BCUT2D eigenvalue weighted by Crippen LogP contribution is 2.32. The number of hydrogen-bond acceptors (Lipinski definition) is 3. The molecule has 5 nitrogen and oxygen atoms in total. The molecular weight excluding hydrogens is 352 g/mol. The Bertz CT molecular complexity index is 984. The maximum absolute atomic E-state index is 12.7. The summed E-state index contributed by atoms with van der Waals surface area (Å²) >= 11 is 0. The van der Waals surface area contributed by atoms with Crippen molar-refractivity contribution in [2.24, 2.45) is 0 Å². The quantitative estimate of drug-likeness (QED) is 0.705. The van der Waals surface area contributed by atoms with Crippen molar-refractivity contribution < 1.29 is 14.3 Å². The predicted molar refractivity (Wildman–Crippen MR) is 107 cm³/mol. The third kappa shape index (κ3) is 4.04. The smallest absolute Gasteiger partial charge is 0.228 e. The van der Waals surface area contributed by atoms with Gasteiger partial charge in [0.1, 0.15) is 11.5 Å². The summed E-state index contributed by atoms with van der Waals surface area (Å²) in [7, 11) is 0. The average molecular weight is 372 g/mol. The van der Waals surface area contributed by atoms with Crippen LogP contribution in [-0.2, 0) is 16.1 Å². The molecule has 1 heterocycles. The molecule has 1 unspecified atom stereocenters. The molecule has 0 bridgehead atoms. The first-order valence-electron chi connectivity index (χ1n) is 9.17. The van der Waals surface area contributed by atoms with Crippen molar-refractivity contribution in [2.75, 3.05) is 5.32 Å². The molecule has 1 aliphatic heterocycles. The molecule has 1 atom stereocenters. The number of fused-ring (bicyclic) bond motifs is 1. The molecule has 3 aromatic rings. The van der Waals surface area contributed by atoms with Crippen LogP contribution in [0.25, 0.3) is 0 Å². The molecule has 0 radical (unpaired) electrons. The summed E-state index contributed by atoms with van der Waals surface area (Å²) in [5.41, 5.74) is 2.52. The fraction of sp³-hybridized carbons (Fsp3) is 0.130. The van der Waals surface area contributed by atoms with E-state index >= 15 is 0 Å². The van der Waals surface area contributed by atoms with E-state index in [1.165, 1.54) is 0 Å². The lowest BCUT2D eigenvalue weighted by molar-refractivity contribution is -0.126. The fourth-order valence-corrected chi connectivity index (χ4v) is 3.26. The van der Waals surface area contributed by atoms with Gasteiger partial charge in [-0.2, -0.15) is 0 Å². The van der Waals surface area contributed by atoms with Gasteiger partial charge in [-0.05, 0) is 41.5 Å². The van der Waals surface area contributed by atoms with Crippen molar-refractivity contribution >= 4 is 17.5 Å². The van der Waals surface area contributed by atoms with Gasteiger partial charge in [-0.15, -0.1) is 0 Å². The van der Waals surface area contributed by atoms with E-state index in [-0.39, 0.29) is 18.2 Å². The molecule has 0 saturated carbocycles. The Labute approximate surface area is 163 Å². The Hall–Kier alpha value is -3.60. The lowest BCUT2D eigenvalue weighted by Gasteiger charge is -2.24. The number of para-hydroxylation sites is 2. The zero-order chi connectivity index (χ0) is 19.3. The van der Waals surface area contributed by atoms with Gasteiger partial charge in [0.25, 0.3) is 0 Å². The maximum atomic E-state index is 12.7. The van der Waals surface area contributed by atoms with Gasteiger partial charge in [-0.3, -0.25) is 9.59 Å². The number of hydrogen-bond donors (Lipinski definition) is 2. The summed E-state index contributed by atoms with van der Waals surface area (Å²) in [6.07, 6.45) is 0.159. The second-order valence-electron chi connectivity index (χ2n) is 6.67. The highest BCUT2D eigenvalue weighted by atomic mass is 16.5. The van der Waals surface area contributed by atoms with Gasteiger partial charge < -0.3 is 15.4 Å². The molecule has 140 valence electrons. The highest BCUT2D eigenvalue weighted by molar-refractivity contribution is 6.01. The Balaban J connectivity index is 1.38. The Kier molecular flexibility index (Phi) is 5.06. The third-order valence-electron chi connectivity index (χ3n) is 4.69. The fourth-order valence-electron chi connectivity index (χ4n) is 3.26. The van der Waals surface area contributed by atoms with Gasteiger partial charge >= 0.3 is 0 Å². The number of nitrogens with one attached hydrogen (secondary N) is 2. The maximum Gasteiger partial charge on any atom is 0.228 e. The van der Waals surface area contributed by atoms with Gasteiger partial charge in [0.15, 0.2) is 0 Å². The first kappa shape index (κ1) is 17.8. The van der Waals surface area contributed by atoms with Crippen molar-refractivity contribution in [1.29, 1.82) is 0 Å². The van der Waals surface area contributed by atoms with E-state index in [2.05, 4.69) is 10.6 Å². The van der Waals surface area contributed by atoms with E-state index < -0.39 is 5.92 Å². The molecule has 3 aromatic carbocycles. The van der Waals surface area contributed by atoms with Crippen molar-refractivity contribution in [1.82, 2.24) is 5.32 Å². The minimum atomic E-state index is -0.467. The van der Waals surface area contributed by atoms with E-state index in [0.29, 0.717) is 12.2 Å². The minimum absolute atomic E-state index is 0.138. The minimum Gasteiger partial charge on any atom is -0.457 e. The SMILES string of the molecule is O=C1CC(C(=O)NCc2ccc(Oc3ccccc3)cc2)c2ccccc2N1. The Morgan fingerprint density at radius 1 is 0.929 bits per heavy atom. The zero-order valence-corrected chi connectivity index (χ0v) is 15.2. The van der Waals surface area contributed by atoms with Crippen LogP contribution in [0.5, 0.6) is 11.5 Å². The molecule has 28 heavy (non-hydrogen) atoms. The molecule has 2 amide bonds. The van der Waals surface area contributed by atoms with Crippen LogP contribution in [0.3, 0.4) is 0 Å². The van der Waals surface area contributed by atoms with Crippen molar-refractivity contribution in [3.63, 3.8) is 0 Å². The zero-order valence-electron chi connectivity index (χ0n) is 15.2. The predicted octanol–water partition coefficient (Wildman–Crippen LogP) is 4.22. The van der Waals surface area contributed by atoms with Crippen LogP contribution >= 0.6 is 0 Å². The van der Waals surface area contributed by atoms with Crippen LogP contribution in [0.2, 0.25) is 0 Å².